The maximum atomic E-state index is 9.74. The first-order valence-electron chi connectivity index (χ1n) is 5.59. The molecule has 0 aliphatic rings. The Kier molecular flexibility index (Phi) is 2.80. The molecule has 2 aromatic carbocycles. The smallest absolute Gasteiger partial charge is 0.161 e. The van der Waals surface area contributed by atoms with Gasteiger partial charge in [0.15, 0.2) is 11.5 Å². The third kappa shape index (κ3) is 2.11. The molecular weight excluding hydrogens is 212 g/mol. The van der Waals surface area contributed by atoms with Crippen molar-refractivity contribution in [2.24, 2.45) is 0 Å². The van der Waals surface area contributed by atoms with Crippen molar-refractivity contribution < 1.29 is 10.2 Å². The molecule has 2 aromatic rings. The zero-order chi connectivity index (χ0) is 12.6. The molecule has 0 aliphatic heterocycles. The molecule has 0 fully saturated rings. The molecule has 0 bridgehead atoms. The van der Waals surface area contributed by atoms with E-state index < -0.39 is 0 Å². The van der Waals surface area contributed by atoms with E-state index in [0.29, 0.717) is 5.56 Å². The van der Waals surface area contributed by atoms with E-state index in [1.54, 1.807) is 0 Å². The summed E-state index contributed by atoms with van der Waals surface area (Å²) in [6, 6.07) is 9.62. The normalized spacial score (nSPS) is 10.5. The van der Waals surface area contributed by atoms with Crippen molar-refractivity contribution >= 4 is 0 Å². The summed E-state index contributed by atoms with van der Waals surface area (Å²) in [6.07, 6.45) is 0. The van der Waals surface area contributed by atoms with Crippen LogP contribution in [0.4, 0.5) is 0 Å². The van der Waals surface area contributed by atoms with Gasteiger partial charge in [-0.05, 0) is 38.0 Å². The SMILES string of the molecule is Cc1cc(C)cc(-c2ccc(O)c(O)c2C)c1. The van der Waals surface area contributed by atoms with E-state index in [1.165, 1.54) is 17.2 Å². The van der Waals surface area contributed by atoms with E-state index in [9.17, 15) is 10.2 Å². The average Bonchev–Trinajstić information content (AvgIpc) is 2.24. The lowest BCUT2D eigenvalue weighted by atomic mass is 9.96. The van der Waals surface area contributed by atoms with Crippen LogP contribution in [0.3, 0.4) is 0 Å². The highest BCUT2D eigenvalue weighted by Crippen LogP contribution is 2.36. The molecule has 0 aromatic heterocycles. The summed E-state index contributed by atoms with van der Waals surface area (Å²) in [5, 5.41) is 19.2. The fourth-order valence-corrected chi connectivity index (χ4v) is 2.13. The third-order valence-electron chi connectivity index (χ3n) is 2.94. The Morgan fingerprint density at radius 1 is 0.824 bits per heavy atom. The van der Waals surface area contributed by atoms with Crippen LogP contribution in [0.5, 0.6) is 11.5 Å². The summed E-state index contributed by atoms with van der Waals surface area (Å²) in [7, 11) is 0. The molecule has 17 heavy (non-hydrogen) atoms. The standard InChI is InChI=1S/C15H16O2/c1-9-6-10(2)8-12(7-9)13-4-5-14(16)15(17)11(13)3/h4-8,16-17H,1-3H3. The van der Waals surface area contributed by atoms with Gasteiger partial charge >= 0.3 is 0 Å². The Morgan fingerprint density at radius 2 is 1.41 bits per heavy atom. The van der Waals surface area contributed by atoms with Gasteiger partial charge in [0.05, 0.1) is 0 Å². The molecule has 0 heterocycles. The Hall–Kier alpha value is -1.96. The van der Waals surface area contributed by atoms with Crippen molar-refractivity contribution in [3.63, 3.8) is 0 Å². The quantitative estimate of drug-likeness (QED) is 0.731. The largest absolute Gasteiger partial charge is 0.504 e. The molecule has 2 N–H and O–H groups in total. The van der Waals surface area contributed by atoms with Gasteiger partial charge < -0.3 is 10.2 Å². The van der Waals surface area contributed by atoms with Crippen LogP contribution in [-0.4, -0.2) is 10.2 Å². The highest BCUT2D eigenvalue weighted by Gasteiger charge is 2.10. The molecular formula is C15H16O2. The van der Waals surface area contributed by atoms with Gasteiger partial charge in [0, 0.05) is 5.56 Å². The average molecular weight is 228 g/mol. The second-order valence-electron chi connectivity index (χ2n) is 4.48. The minimum absolute atomic E-state index is 0.0401. The van der Waals surface area contributed by atoms with Gasteiger partial charge in [-0.2, -0.15) is 0 Å². The van der Waals surface area contributed by atoms with E-state index in [4.69, 9.17) is 0 Å². The molecule has 0 radical (unpaired) electrons. The van der Waals surface area contributed by atoms with Crippen LogP contribution in [0.25, 0.3) is 11.1 Å². The predicted octanol–water partition coefficient (Wildman–Crippen LogP) is 3.69. The summed E-state index contributed by atoms with van der Waals surface area (Å²) in [6.45, 7) is 5.90. The van der Waals surface area contributed by atoms with Crippen molar-refractivity contribution in [2.45, 2.75) is 20.8 Å². The fourth-order valence-electron chi connectivity index (χ4n) is 2.13. The summed E-state index contributed by atoms with van der Waals surface area (Å²) >= 11 is 0. The number of rotatable bonds is 1. The maximum absolute atomic E-state index is 9.74. The molecule has 0 amide bonds. The third-order valence-corrected chi connectivity index (χ3v) is 2.94. The number of benzene rings is 2. The van der Waals surface area contributed by atoms with Gasteiger partial charge in [-0.1, -0.05) is 35.4 Å². The maximum Gasteiger partial charge on any atom is 0.161 e. The van der Waals surface area contributed by atoms with Crippen molar-refractivity contribution in [1.29, 1.82) is 0 Å². The lowest BCUT2D eigenvalue weighted by Gasteiger charge is -2.11. The van der Waals surface area contributed by atoms with Gasteiger partial charge in [-0.25, -0.2) is 0 Å². The number of phenolic OH excluding ortho intramolecular Hbond substituents is 2. The monoisotopic (exact) mass is 228 g/mol. The molecule has 0 unspecified atom stereocenters. The fraction of sp³-hybridized carbons (Fsp3) is 0.200. The molecule has 0 aliphatic carbocycles. The van der Waals surface area contributed by atoms with Crippen LogP contribution in [0, 0.1) is 20.8 Å². The van der Waals surface area contributed by atoms with E-state index in [1.807, 2.05) is 26.8 Å². The number of hydrogen-bond donors (Lipinski definition) is 2. The highest BCUT2D eigenvalue weighted by atomic mass is 16.3. The van der Waals surface area contributed by atoms with E-state index in [0.717, 1.165) is 11.1 Å². The van der Waals surface area contributed by atoms with E-state index in [-0.39, 0.29) is 11.5 Å². The Bertz CT molecular complexity index is 551. The Balaban J connectivity index is 2.64. The number of hydrogen-bond acceptors (Lipinski definition) is 2. The molecule has 2 nitrogen and oxygen atoms in total. The minimum Gasteiger partial charge on any atom is -0.504 e. The van der Waals surface area contributed by atoms with Crippen LogP contribution in [0.2, 0.25) is 0 Å². The van der Waals surface area contributed by atoms with Crippen LogP contribution < -0.4 is 0 Å². The molecule has 2 rings (SSSR count). The summed E-state index contributed by atoms with van der Waals surface area (Å²) in [5.74, 6) is -0.114. The number of aryl methyl sites for hydroxylation is 2. The predicted molar refractivity (Wildman–Crippen MR) is 69.4 cm³/mol. The summed E-state index contributed by atoms with van der Waals surface area (Å²) in [4.78, 5) is 0. The van der Waals surface area contributed by atoms with Crippen LogP contribution in [0.15, 0.2) is 30.3 Å². The Morgan fingerprint density at radius 3 is 2.00 bits per heavy atom. The van der Waals surface area contributed by atoms with Crippen molar-refractivity contribution in [3.8, 4) is 22.6 Å². The van der Waals surface area contributed by atoms with E-state index >= 15 is 0 Å². The zero-order valence-electron chi connectivity index (χ0n) is 10.3. The summed E-state index contributed by atoms with van der Waals surface area (Å²) < 4.78 is 0. The van der Waals surface area contributed by atoms with Gasteiger partial charge in [0.25, 0.3) is 0 Å². The van der Waals surface area contributed by atoms with Crippen molar-refractivity contribution in [1.82, 2.24) is 0 Å². The second kappa shape index (κ2) is 4.13. The van der Waals surface area contributed by atoms with Gasteiger partial charge in [0.1, 0.15) is 0 Å². The van der Waals surface area contributed by atoms with Gasteiger partial charge in [0.2, 0.25) is 0 Å². The molecule has 0 saturated carbocycles. The lowest BCUT2D eigenvalue weighted by molar-refractivity contribution is 0.401. The Labute approximate surface area is 101 Å². The van der Waals surface area contributed by atoms with Crippen LogP contribution in [0.1, 0.15) is 16.7 Å². The van der Waals surface area contributed by atoms with Crippen molar-refractivity contribution in [2.75, 3.05) is 0 Å². The first kappa shape index (κ1) is 11.5. The molecule has 0 spiro atoms. The van der Waals surface area contributed by atoms with E-state index in [2.05, 4.69) is 18.2 Å². The molecule has 0 saturated heterocycles. The second-order valence-corrected chi connectivity index (χ2v) is 4.48. The number of aromatic hydroxyl groups is 2. The van der Waals surface area contributed by atoms with Crippen LogP contribution in [-0.2, 0) is 0 Å². The highest BCUT2D eigenvalue weighted by molar-refractivity contribution is 5.72. The molecule has 2 heteroatoms. The number of phenols is 2. The van der Waals surface area contributed by atoms with Gasteiger partial charge in [-0.15, -0.1) is 0 Å². The minimum atomic E-state index is -0.0735. The first-order chi connectivity index (χ1) is 7.99. The lowest BCUT2D eigenvalue weighted by Crippen LogP contribution is -1.87. The zero-order valence-corrected chi connectivity index (χ0v) is 10.3. The topological polar surface area (TPSA) is 40.5 Å². The van der Waals surface area contributed by atoms with Crippen molar-refractivity contribution in [3.05, 3.63) is 47.0 Å². The van der Waals surface area contributed by atoms with Gasteiger partial charge in [-0.3, -0.25) is 0 Å². The summed E-state index contributed by atoms with van der Waals surface area (Å²) in [5.41, 5.74) is 5.09. The van der Waals surface area contributed by atoms with Crippen LogP contribution >= 0.6 is 0 Å². The molecule has 0 atom stereocenters. The first-order valence-corrected chi connectivity index (χ1v) is 5.59. The molecule has 88 valence electrons.